The SMILES string of the molecule is CCOC1CC(NCC2CC=CCC2)C1OC. The third kappa shape index (κ3) is 3.30. The highest BCUT2D eigenvalue weighted by atomic mass is 16.5. The van der Waals surface area contributed by atoms with Gasteiger partial charge in [-0.1, -0.05) is 12.2 Å². The molecule has 1 N–H and O–H groups in total. The van der Waals surface area contributed by atoms with Crippen LogP contribution in [0.5, 0.6) is 0 Å². The summed E-state index contributed by atoms with van der Waals surface area (Å²) in [6.45, 7) is 3.94. The molecule has 0 aliphatic heterocycles. The Morgan fingerprint density at radius 2 is 2.24 bits per heavy atom. The van der Waals surface area contributed by atoms with Gasteiger partial charge >= 0.3 is 0 Å². The van der Waals surface area contributed by atoms with Crippen molar-refractivity contribution in [1.29, 1.82) is 0 Å². The topological polar surface area (TPSA) is 30.5 Å². The summed E-state index contributed by atoms with van der Waals surface area (Å²) in [4.78, 5) is 0. The van der Waals surface area contributed by atoms with Gasteiger partial charge in [0.05, 0.1) is 12.2 Å². The van der Waals surface area contributed by atoms with Crippen LogP contribution in [-0.2, 0) is 9.47 Å². The van der Waals surface area contributed by atoms with Crippen molar-refractivity contribution in [3.05, 3.63) is 12.2 Å². The van der Waals surface area contributed by atoms with Crippen molar-refractivity contribution in [2.24, 2.45) is 5.92 Å². The number of ether oxygens (including phenoxy) is 2. The molecule has 1 saturated carbocycles. The Labute approximate surface area is 105 Å². The summed E-state index contributed by atoms with van der Waals surface area (Å²) < 4.78 is 11.1. The van der Waals surface area contributed by atoms with Gasteiger partial charge in [-0.15, -0.1) is 0 Å². The van der Waals surface area contributed by atoms with Crippen molar-refractivity contribution < 1.29 is 9.47 Å². The summed E-state index contributed by atoms with van der Waals surface area (Å²) in [5.74, 6) is 0.809. The first-order valence-corrected chi connectivity index (χ1v) is 6.88. The van der Waals surface area contributed by atoms with Gasteiger partial charge in [-0.2, -0.15) is 0 Å². The lowest BCUT2D eigenvalue weighted by Gasteiger charge is -2.44. The number of rotatable bonds is 6. The molecule has 17 heavy (non-hydrogen) atoms. The predicted octanol–water partition coefficient (Wildman–Crippen LogP) is 2.12. The maximum atomic E-state index is 5.63. The van der Waals surface area contributed by atoms with Gasteiger partial charge in [0.25, 0.3) is 0 Å². The molecule has 0 spiro atoms. The molecule has 0 amide bonds. The summed E-state index contributed by atoms with van der Waals surface area (Å²) in [6, 6.07) is 0.488. The zero-order valence-electron chi connectivity index (χ0n) is 11.0. The molecule has 1 fully saturated rings. The van der Waals surface area contributed by atoms with Crippen LogP contribution < -0.4 is 5.32 Å². The molecule has 4 unspecified atom stereocenters. The maximum absolute atomic E-state index is 5.63. The van der Waals surface area contributed by atoms with E-state index in [1.165, 1.54) is 19.3 Å². The van der Waals surface area contributed by atoms with E-state index >= 15 is 0 Å². The molecule has 0 radical (unpaired) electrons. The largest absolute Gasteiger partial charge is 0.377 e. The van der Waals surface area contributed by atoms with Crippen molar-refractivity contribution in [1.82, 2.24) is 5.32 Å². The van der Waals surface area contributed by atoms with Gasteiger partial charge in [0.2, 0.25) is 0 Å². The number of nitrogens with one attached hydrogen (secondary N) is 1. The van der Waals surface area contributed by atoms with Crippen molar-refractivity contribution in [3.8, 4) is 0 Å². The first-order chi connectivity index (χ1) is 8.35. The monoisotopic (exact) mass is 239 g/mol. The molecular formula is C14H25NO2. The zero-order chi connectivity index (χ0) is 12.1. The number of methoxy groups -OCH3 is 1. The van der Waals surface area contributed by atoms with E-state index in [2.05, 4.69) is 17.5 Å². The molecule has 2 aliphatic carbocycles. The minimum Gasteiger partial charge on any atom is -0.377 e. The number of hydrogen-bond acceptors (Lipinski definition) is 3. The van der Waals surface area contributed by atoms with Crippen LogP contribution in [0, 0.1) is 5.92 Å². The van der Waals surface area contributed by atoms with Crippen LogP contribution in [0.25, 0.3) is 0 Å². The summed E-state index contributed by atoms with van der Waals surface area (Å²) in [5.41, 5.74) is 0. The quantitative estimate of drug-likeness (QED) is 0.720. The molecule has 0 heterocycles. The Morgan fingerprint density at radius 3 is 2.88 bits per heavy atom. The molecule has 2 aliphatic rings. The Kier molecular flexibility index (Phi) is 5.01. The van der Waals surface area contributed by atoms with Crippen LogP contribution in [0.1, 0.15) is 32.6 Å². The molecule has 2 rings (SSSR count). The second-order valence-corrected chi connectivity index (χ2v) is 5.10. The molecular weight excluding hydrogens is 214 g/mol. The second kappa shape index (κ2) is 6.53. The van der Waals surface area contributed by atoms with Crippen LogP contribution in [-0.4, -0.2) is 38.5 Å². The fraction of sp³-hybridized carbons (Fsp3) is 0.857. The number of hydrogen-bond donors (Lipinski definition) is 1. The van der Waals surface area contributed by atoms with Gasteiger partial charge in [-0.05, 0) is 45.1 Å². The Morgan fingerprint density at radius 1 is 1.35 bits per heavy atom. The van der Waals surface area contributed by atoms with Crippen molar-refractivity contribution in [2.75, 3.05) is 20.3 Å². The van der Waals surface area contributed by atoms with Crippen molar-refractivity contribution in [2.45, 2.75) is 50.9 Å². The summed E-state index contributed by atoms with van der Waals surface area (Å²) in [5, 5.41) is 3.64. The Bertz CT molecular complexity index is 255. The lowest BCUT2D eigenvalue weighted by atomic mass is 9.84. The Hall–Kier alpha value is -0.380. The number of allylic oxidation sites excluding steroid dienone is 2. The summed E-state index contributed by atoms with van der Waals surface area (Å²) in [7, 11) is 1.79. The lowest BCUT2D eigenvalue weighted by molar-refractivity contribution is -0.131. The molecule has 0 aromatic carbocycles. The Balaban J connectivity index is 1.68. The van der Waals surface area contributed by atoms with Crippen molar-refractivity contribution >= 4 is 0 Å². The molecule has 4 atom stereocenters. The third-order valence-electron chi connectivity index (χ3n) is 3.95. The van der Waals surface area contributed by atoms with Gasteiger partial charge in [0.15, 0.2) is 0 Å². The minimum absolute atomic E-state index is 0.245. The normalized spacial score (nSPS) is 36.8. The third-order valence-corrected chi connectivity index (χ3v) is 3.95. The summed E-state index contributed by atoms with van der Waals surface area (Å²) in [6.07, 6.45) is 10.0. The molecule has 3 nitrogen and oxygen atoms in total. The van der Waals surface area contributed by atoms with Gasteiger partial charge in [0.1, 0.15) is 0 Å². The van der Waals surface area contributed by atoms with E-state index < -0.39 is 0 Å². The van der Waals surface area contributed by atoms with E-state index in [9.17, 15) is 0 Å². The molecule has 0 bridgehead atoms. The molecule has 3 heteroatoms. The van der Waals surface area contributed by atoms with Gasteiger partial charge in [0, 0.05) is 19.8 Å². The molecule has 0 aromatic rings. The van der Waals surface area contributed by atoms with E-state index in [0.717, 1.165) is 25.5 Å². The molecule has 0 saturated heterocycles. The fourth-order valence-electron chi connectivity index (χ4n) is 2.83. The molecule has 98 valence electrons. The first kappa shape index (κ1) is 13.1. The summed E-state index contributed by atoms with van der Waals surface area (Å²) >= 11 is 0. The van der Waals surface area contributed by atoms with Gasteiger partial charge < -0.3 is 14.8 Å². The lowest BCUT2D eigenvalue weighted by Crippen LogP contribution is -2.60. The minimum atomic E-state index is 0.245. The standard InChI is InChI=1S/C14H25NO2/c1-3-17-13-9-12(14(13)16-2)15-10-11-7-5-4-6-8-11/h4-5,11-15H,3,6-10H2,1-2H3. The van der Waals surface area contributed by atoms with Crippen LogP contribution in [0.15, 0.2) is 12.2 Å². The smallest absolute Gasteiger partial charge is 0.0986 e. The van der Waals surface area contributed by atoms with E-state index in [0.29, 0.717) is 12.1 Å². The van der Waals surface area contributed by atoms with E-state index in [1.54, 1.807) is 7.11 Å². The highest BCUT2D eigenvalue weighted by molar-refractivity contribution is 4.98. The average molecular weight is 239 g/mol. The van der Waals surface area contributed by atoms with Crippen LogP contribution in [0.3, 0.4) is 0 Å². The first-order valence-electron chi connectivity index (χ1n) is 6.88. The van der Waals surface area contributed by atoms with E-state index in [-0.39, 0.29) is 6.10 Å². The fourth-order valence-corrected chi connectivity index (χ4v) is 2.83. The molecule has 0 aromatic heterocycles. The van der Waals surface area contributed by atoms with Crippen LogP contribution in [0.4, 0.5) is 0 Å². The van der Waals surface area contributed by atoms with E-state index in [1.807, 2.05) is 6.92 Å². The average Bonchev–Trinajstić information content (AvgIpc) is 2.34. The van der Waals surface area contributed by atoms with Gasteiger partial charge in [-0.25, -0.2) is 0 Å². The van der Waals surface area contributed by atoms with Crippen LogP contribution >= 0.6 is 0 Å². The highest BCUT2D eigenvalue weighted by Gasteiger charge is 2.41. The second-order valence-electron chi connectivity index (χ2n) is 5.10. The van der Waals surface area contributed by atoms with E-state index in [4.69, 9.17) is 9.47 Å². The predicted molar refractivity (Wildman–Crippen MR) is 69.1 cm³/mol. The highest BCUT2D eigenvalue weighted by Crippen LogP contribution is 2.27. The van der Waals surface area contributed by atoms with Crippen LogP contribution in [0.2, 0.25) is 0 Å². The van der Waals surface area contributed by atoms with Crippen molar-refractivity contribution in [3.63, 3.8) is 0 Å². The van der Waals surface area contributed by atoms with Gasteiger partial charge in [-0.3, -0.25) is 0 Å². The zero-order valence-corrected chi connectivity index (χ0v) is 11.0. The maximum Gasteiger partial charge on any atom is 0.0986 e.